The fourth-order valence-electron chi connectivity index (χ4n) is 2.89. The van der Waals surface area contributed by atoms with Gasteiger partial charge in [-0.15, -0.1) is 0 Å². The second-order valence-electron chi connectivity index (χ2n) is 6.03. The van der Waals surface area contributed by atoms with Gasteiger partial charge in [-0.05, 0) is 43.0 Å². The third-order valence-electron chi connectivity index (χ3n) is 4.58. The topological polar surface area (TPSA) is 21.3 Å². The highest BCUT2D eigenvalue weighted by Crippen LogP contribution is 2.47. The minimum Gasteiger partial charge on any atom is -0.497 e. The van der Waals surface area contributed by atoms with Crippen LogP contribution in [-0.2, 0) is 5.41 Å². The SMILES string of the molecule is COc1cccc([C@@H](C)NCC2(c3ccccc3)CC2)c1. The number of ether oxygens (including phenoxy) is 1. The van der Waals surface area contributed by atoms with Crippen LogP contribution in [0.25, 0.3) is 0 Å². The van der Waals surface area contributed by atoms with Crippen molar-refractivity contribution in [3.8, 4) is 5.75 Å². The van der Waals surface area contributed by atoms with Gasteiger partial charge < -0.3 is 10.1 Å². The van der Waals surface area contributed by atoms with E-state index in [0.717, 1.165) is 12.3 Å². The van der Waals surface area contributed by atoms with Gasteiger partial charge in [-0.3, -0.25) is 0 Å². The molecule has 1 N–H and O–H groups in total. The first-order valence-corrected chi connectivity index (χ1v) is 7.66. The Morgan fingerprint density at radius 3 is 2.52 bits per heavy atom. The van der Waals surface area contributed by atoms with E-state index in [1.807, 2.05) is 6.07 Å². The molecule has 0 aromatic heterocycles. The van der Waals surface area contributed by atoms with Crippen molar-refractivity contribution in [2.24, 2.45) is 0 Å². The van der Waals surface area contributed by atoms with Crippen molar-refractivity contribution in [2.45, 2.75) is 31.2 Å². The molecule has 3 rings (SSSR count). The predicted octanol–water partition coefficient (Wildman–Crippen LogP) is 4.08. The summed E-state index contributed by atoms with van der Waals surface area (Å²) in [5.41, 5.74) is 3.10. The van der Waals surface area contributed by atoms with Gasteiger partial charge in [0, 0.05) is 18.0 Å². The first-order valence-electron chi connectivity index (χ1n) is 7.66. The van der Waals surface area contributed by atoms with E-state index in [1.54, 1.807) is 7.11 Å². The normalized spacial score (nSPS) is 17.2. The highest BCUT2D eigenvalue weighted by Gasteiger charge is 2.43. The highest BCUT2D eigenvalue weighted by molar-refractivity contribution is 5.33. The Balaban J connectivity index is 1.65. The molecule has 2 aromatic carbocycles. The van der Waals surface area contributed by atoms with Gasteiger partial charge in [-0.25, -0.2) is 0 Å². The van der Waals surface area contributed by atoms with Gasteiger partial charge in [0.2, 0.25) is 0 Å². The van der Waals surface area contributed by atoms with E-state index >= 15 is 0 Å². The van der Waals surface area contributed by atoms with Crippen LogP contribution in [0.3, 0.4) is 0 Å². The van der Waals surface area contributed by atoms with Crippen LogP contribution in [0.15, 0.2) is 54.6 Å². The van der Waals surface area contributed by atoms with Crippen molar-refractivity contribution in [2.75, 3.05) is 13.7 Å². The Bertz CT molecular complexity index is 590. The van der Waals surface area contributed by atoms with Gasteiger partial charge in [0.1, 0.15) is 5.75 Å². The van der Waals surface area contributed by atoms with E-state index in [-0.39, 0.29) is 0 Å². The summed E-state index contributed by atoms with van der Waals surface area (Å²) in [6, 6.07) is 19.5. The van der Waals surface area contributed by atoms with Crippen molar-refractivity contribution < 1.29 is 4.74 Å². The van der Waals surface area contributed by atoms with E-state index in [2.05, 4.69) is 60.8 Å². The monoisotopic (exact) mass is 281 g/mol. The molecule has 0 heterocycles. The Hall–Kier alpha value is -1.80. The van der Waals surface area contributed by atoms with Gasteiger partial charge in [-0.1, -0.05) is 42.5 Å². The number of hydrogen-bond donors (Lipinski definition) is 1. The Morgan fingerprint density at radius 1 is 1.10 bits per heavy atom. The highest BCUT2D eigenvalue weighted by atomic mass is 16.5. The van der Waals surface area contributed by atoms with Crippen LogP contribution in [0.4, 0.5) is 0 Å². The van der Waals surface area contributed by atoms with Crippen molar-refractivity contribution in [3.05, 3.63) is 65.7 Å². The van der Waals surface area contributed by atoms with Crippen molar-refractivity contribution in [1.29, 1.82) is 0 Å². The number of nitrogens with one attached hydrogen (secondary N) is 1. The Labute approximate surface area is 127 Å². The van der Waals surface area contributed by atoms with Gasteiger partial charge in [0.05, 0.1) is 7.11 Å². The zero-order valence-corrected chi connectivity index (χ0v) is 12.8. The second kappa shape index (κ2) is 5.90. The molecule has 0 aliphatic heterocycles. The van der Waals surface area contributed by atoms with Crippen molar-refractivity contribution in [1.82, 2.24) is 5.32 Å². The lowest BCUT2D eigenvalue weighted by Gasteiger charge is -2.21. The zero-order valence-electron chi connectivity index (χ0n) is 12.8. The third kappa shape index (κ3) is 3.11. The number of methoxy groups -OCH3 is 1. The van der Waals surface area contributed by atoms with Crippen LogP contribution < -0.4 is 10.1 Å². The van der Waals surface area contributed by atoms with E-state index in [4.69, 9.17) is 4.74 Å². The van der Waals surface area contributed by atoms with Crippen LogP contribution >= 0.6 is 0 Å². The van der Waals surface area contributed by atoms with Gasteiger partial charge >= 0.3 is 0 Å². The standard InChI is InChI=1S/C19H23NO/c1-15(16-7-6-10-18(13-16)21-2)20-14-19(11-12-19)17-8-4-3-5-9-17/h3-10,13,15,20H,11-12,14H2,1-2H3/t15-/m1/s1. The van der Waals surface area contributed by atoms with E-state index in [0.29, 0.717) is 11.5 Å². The molecule has 1 fully saturated rings. The largest absolute Gasteiger partial charge is 0.497 e. The predicted molar refractivity (Wildman–Crippen MR) is 86.8 cm³/mol. The average Bonchev–Trinajstić information content (AvgIpc) is 3.35. The summed E-state index contributed by atoms with van der Waals surface area (Å²) < 4.78 is 5.30. The van der Waals surface area contributed by atoms with Crippen LogP contribution in [0, 0.1) is 0 Å². The Morgan fingerprint density at radius 2 is 1.86 bits per heavy atom. The number of benzene rings is 2. The summed E-state index contributed by atoms with van der Waals surface area (Å²) in [6.45, 7) is 3.26. The second-order valence-corrected chi connectivity index (χ2v) is 6.03. The van der Waals surface area contributed by atoms with Gasteiger partial charge in [-0.2, -0.15) is 0 Å². The van der Waals surface area contributed by atoms with E-state index in [1.165, 1.54) is 24.0 Å². The lowest BCUT2D eigenvalue weighted by Crippen LogP contribution is -2.29. The fourth-order valence-corrected chi connectivity index (χ4v) is 2.89. The fraction of sp³-hybridized carbons (Fsp3) is 0.368. The molecule has 1 aliphatic rings. The van der Waals surface area contributed by atoms with E-state index < -0.39 is 0 Å². The molecule has 0 spiro atoms. The summed E-state index contributed by atoms with van der Waals surface area (Å²) in [5, 5.41) is 3.70. The summed E-state index contributed by atoms with van der Waals surface area (Å²) in [7, 11) is 1.71. The van der Waals surface area contributed by atoms with E-state index in [9.17, 15) is 0 Å². The quantitative estimate of drug-likeness (QED) is 0.861. The van der Waals surface area contributed by atoms with Crippen LogP contribution in [-0.4, -0.2) is 13.7 Å². The molecule has 2 heteroatoms. The molecular formula is C19H23NO. The van der Waals surface area contributed by atoms with Crippen LogP contribution in [0.5, 0.6) is 5.75 Å². The molecule has 0 unspecified atom stereocenters. The molecule has 2 nitrogen and oxygen atoms in total. The molecule has 110 valence electrons. The van der Waals surface area contributed by atoms with Crippen molar-refractivity contribution >= 4 is 0 Å². The molecule has 0 radical (unpaired) electrons. The molecule has 21 heavy (non-hydrogen) atoms. The molecule has 1 saturated carbocycles. The summed E-state index contributed by atoms with van der Waals surface area (Å²) >= 11 is 0. The van der Waals surface area contributed by atoms with Crippen molar-refractivity contribution in [3.63, 3.8) is 0 Å². The Kier molecular flexibility index (Phi) is 3.98. The zero-order chi connectivity index (χ0) is 14.7. The summed E-state index contributed by atoms with van der Waals surface area (Å²) in [4.78, 5) is 0. The summed E-state index contributed by atoms with van der Waals surface area (Å²) in [5.74, 6) is 0.922. The third-order valence-corrected chi connectivity index (χ3v) is 4.58. The smallest absolute Gasteiger partial charge is 0.119 e. The van der Waals surface area contributed by atoms with Gasteiger partial charge in [0.25, 0.3) is 0 Å². The van der Waals surface area contributed by atoms with Gasteiger partial charge in [0.15, 0.2) is 0 Å². The maximum atomic E-state index is 5.30. The van der Waals surface area contributed by atoms with Crippen LogP contribution in [0.1, 0.15) is 36.9 Å². The minimum atomic E-state index is 0.335. The first-order chi connectivity index (χ1) is 10.2. The average molecular weight is 281 g/mol. The molecular weight excluding hydrogens is 258 g/mol. The lowest BCUT2D eigenvalue weighted by atomic mass is 9.95. The maximum absolute atomic E-state index is 5.30. The summed E-state index contributed by atoms with van der Waals surface area (Å²) in [6.07, 6.45) is 2.57. The molecule has 1 aliphatic carbocycles. The minimum absolute atomic E-state index is 0.335. The molecule has 0 bridgehead atoms. The number of hydrogen-bond acceptors (Lipinski definition) is 2. The molecule has 1 atom stereocenters. The molecule has 2 aromatic rings. The van der Waals surface area contributed by atoms with Crippen LogP contribution in [0.2, 0.25) is 0 Å². The first kappa shape index (κ1) is 14.2. The molecule has 0 saturated heterocycles. The number of rotatable bonds is 6. The lowest BCUT2D eigenvalue weighted by molar-refractivity contribution is 0.413. The maximum Gasteiger partial charge on any atom is 0.119 e. The molecule has 0 amide bonds.